The average molecular weight is 253 g/mol. The van der Waals surface area contributed by atoms with Gasteiger partial charge in [-0.1, -0.05) is 24.3 Å². The number of aromatic nitrogens is 3. The molecule has 3 aromatic rings. The molecule has 0 radical (unpaired) electrons. The zero-order valence-electron chi connectivity index (χ0n) is 10.6. The van der Waals surface area contributed by atoms with Crippen LogP contribution in [0.2, 0.25) is 0 Å². The highest BCUT2D eigenvalue weighted by Gasteiger charge is 2.18. The van der Waals surface area contributed by atoms with E-state index in [0.717, 1.165) is 22.2 Å². The third-order valence-corrected chi connectivity index (χ3v) is 3.29. The summed E-state index contributed by atoms with van der Waals surface area (Å²) in [6, 6.07) is 9.94. The summed E-state index contributed by atoms with van der Waals surface area (Å²) in [5, 5.41) is 1.10. The number of hydrazine groups is 1. The van der Waals surface area contributed by atoms with Crippen LogP contribution in [0.15, 0.2) is 49.1 Å². The van der Waals surface area contributed by atoms with Crippen molar-refractivity contribution in [1.29, 1.82) is 0 Å². The number of aryl methyl sites for hydroxylation is 1. The van der Waals surface area contributed by atoms with Gasteiger partial charge in [-0.3, -0.25) is 10.8 Å². The van der Waals surface area contributed by atoms with Crippen LogP contribution in [-0.4, -0.2) is 14.5 Å². The second-order valence-electron chi connectivity index (χ2n) is 4.45. The molecule has 0 saturated heterocycles. The molecule has 19 heavy (non-hydrogen) atoms. The van der Waals surface area contributed by atoms with Crippen molar-refractivity contribution in [1.82, 2.24) is 20.0 Å². The molecular formula is C14H15N5. The number of pyridine rings is 1. The number of para-hydroxylation sites is 1. The maximum Gasteiger partial charge on any atom is 0.0946 e. The first-order valence-electron chi connectivity index (χ1n) is 6.07. The monoisotopic (exact) mass is 253 g/mol. The van der Waals surface area contributed by atoms with Gasteiger partial charge in [-0.25, -0.2) is 10.4 Å². The van der Waals surface area contributed by atoms with E-state index < -0.39 is 0 Å². The van der Waals surface area contributed by atoms with Gasteiger partial charge in [0.05, 0.1) is 29.8 Å². The van der Waals surface area contributed by atoms with E-state index in [9.17, 15) is 0 Å². The van der Waals surface area contributed by atoms with Crippen LogP contribution in [0.3, 0.4) is 0 Å². The molecule has 2 aromatic heterocycles. The summed E-state index contributed by atoms with van der Waals surface area (Å²) in [5.41, 5.74) is 5.85. The van der Waals surface area contributed by atoms with Gasteiger partial charge in [0.2, 0.25) is 0 Å². The molecule has 5 heteroatoms. The summed E-state index contributed by atoms with van der Waals surface area (Å²) in [6.07, 6.45) is 5.37. The van der Waals surface area contributed by atoms with Crippen LogP contribution in [0.4, 0.5) is 0 Å². The van der Waals surface area contributed by atoms with Gasteiger partial charge in [-0.05, 0) is 6.07 Å². The fourth-order valence-corrected chi connectivity index (χ4v) is 2.34. The minimum Gasteiger partial charge on any atom is -0.336 e. The van der Waals surface area contributed by atoms with Gasteiger partial charge < -0.3 is 4.57 Å². The van der Waals surface area contributed by atoms with Crippen molar-refractivity contribution in [2.24, 2.45) is 12.9 Å². The van der Waals surface area contributed by atoms with Crippen molar-refractivity contribution in [2.45, 2.75) is 6.04 Å². The molecule has 0 aliphatic heterocycles. The Morgan fingerprint density at radius 1 is 1.26 bits per heavy atom. The van der Waals surface area contributed by atoms with Gasteiger partial charge >= 0.3 is 0 Å². The predicted molar refractivity (Wildman–Crippen MR) is 74.1 cm³/mol. The summed E-state index contributed by atoms with van der Waals surface area (Å²) in [5.74, 6) is 5.74. The number of nitrogens with one attached hydrogen (secondary N) is 1. The molecule has 1 unspecified atom stereocenters. The fourth-order valence-electron chi connectivity index (χ4n) is 2.34. The summed E-state index contributed by atoms with van der Waals surface area (Å²) < 4.78 is 1.95. The summed E-state index contributed by atoms with van der Waals surface area (Å²) >= 11 is 0. The molecule has 0 saturated carbocycles. The lowest BCUT2D eigenvalue weighted by Crippen LogP contribution is -2.30. The van der Waals surface area contributed by atoms with Crippen molar-refractivity contribution in [3.8, 4) is 0 Å². The minimum atomic E-state index is -0.133. The number of fused-ring (bicyclic) bond motifs is 1. The van der Waals surface area contributed by atoms with Gasteiger partial charge in [0, 0.05) is 24.2 Å². The number of imidazole rings is 1. The Bertz CT molecular complexity index is 698. The Morgan fingerprint density at radius 3 is 2.84 bits per heavy atom. The van der Waals surface area contributed by atoms with Crippen molar-refractivity contribution in [2.75, 3.05) is 0 Å². The normalized spacial score (nSPS) is 12.7. The summed E-state index contributed by atoms with van der Waals surface area (Å²) in [4.78, 5) is 8.61. The molecule has 3 N–H and O–H groups in total. The lowest BCUT2D eigenvalue weighted by molar-refractivity contribution is 0.600. The Balaban J connectivity index is 2.20. The van der Waals surface area contributed by atoms with Gasteiger partial charge in [-0.15, -0.1) is 0 Å². The number of nitrogens with zero attached hydrogens (tertiary/aromatic N) is 3. The molecule has 0 amide bonds. The van der Waals surface area contributed by atoms with E-state index in [1.807, 2.05) is 48.1 Å². The van der Waals surface area contributed by atoms with Gasteiger partial charge in [0.25, 0.3) is 0 Å². The van der Waals surface area contributed by atoms with E-state index in [1.54, 1.807) is 12.5 Å². The predicted octanol–water partition coefficient (Wildman–Crippen LogP) is 1.52. The maximum atomic E-state index is 5.74. The molecule has 0 aliphatic carbocycles. The topological polar surface area (TPSA) is 68.8 Å². The lowest BCUT2D eigenvalue weighted by atomic mass is 10.0. The second-order valence-corrected chi connectivity index (χ2v) is 4.45. The highest BCUT2D eigenvalue weighted by atomic mass is 15.2. The fraction of sp³-hybridized carbons (Fsp3) is 0.143. The SMILES string of the molecule is Cn1cncc1C(NN)c1cccc2cccnc12. The van der Waals surface area contributed by atoms with E-state index >= 15 is 0 Å². The molecule has 2 heterocycles. The molecular weight excluding hydrogens is 238 g/mol. The molecule has 5 nitrogen and oxygen atoms in total. The minimum absolute atomic E-state index is 0.133. The number of benzene rings is 1. The molecule has 0 fully saturated rings. The second kappa shape index (κ2) is 4.79. The van der Waals surface area contributed by atoms with Crippen LogP contribution in [0.25, 0.3) is 10.9 Å². The number of hydrogen-bond donors (Lipinski definition) is 2. The van der Waals surface area contributed by atoms with E-state index in [4.69, 9.17) is 5.84 Å². The largest absolute Gasteiger partial charge is 0.336 e. The van der Waals surface area contributed by atoms with E-state index in [0.29, 0.717) is 0 Å². The lowest BCUT2D eigenvalue weighted by Gasteiger charge is -2.18. The van der Waals surface area contributed by atoms with E-state index in [2.05, 4.69) is 15.4 Å². The summed E-state index contributed by atoms with van der Waals surface area (Å²) in [6.45, 7) is 0. The number of hydrogen-bond acceptors (Lipinski definition) is 4. The van der Waals surface area contributed by atoms with Gasteiger partial charge in [0.15, 0.2) is 0 Å². The smallest absolute Gasteiger partial charge is 0.0946 e. The standard InChI is InChI=1S/C14H15N5/c1-19-9-16-8-12(19)14(18-15)11-6-2-4-10-5-3-7-17-13(10)11/h2-9,14,18H,15H2,1H3. The Kier molecular flexibility index (Phi) is 2.98. The molecule has 3 rings (SSSR count). The van der Waals surface area contributed by atoms with Crippen molar-refractivity contribution >= 4 is 10.9 Å². The average Bonchev–Trinajstić information content (AvgIpc) is 2.86. The van der Waals surface area contributed by atoms with Crippen LogP contribution in [-0.2, 0) is 7.05 Å². The first-order valence-corrected chi connectivity index (χ1v) is 6.07. The van der Waals surface area contributed by atoms with E-state index in [-0.39, 0.29) is 6.04 Å². The molecule has 0 aliphatic rings. The first-order chi connectivity index (χ1) is 9.31. The highest BCUT2D eigenvalue weighted by Crippen LogP contribution is 2.26. The van der Waals surface area contributed by atoms with Crippen LogP contribution >= 0.6 is 0 Å². The third-order valence-electron chi connectivity index (χ3n) is 3.29. The van der Waals surface area contributed by atoms with Crippen LogP contribution in [0, 0.1) is 0 Å². The van der Waals surface area contributed by atoms with Gasteiger partial charge in [0.1, 0.15) is 0 Å². The zero-order chi connectivity index (χ0) is 13.2. The molecule has 0 bridgehead atoms. The maximum absolute atomic E-state index is 5.74. The molecule has 96 valence electrons. The summed E-state index contributed by atoms with van der Waals surface area (Å²) in [7, 11) is 1.95. The number of nitrogens with two attached hydrogens (primary N) is 1. The molecule has 1 aromatic carbocycles. The molecule has 1 atom stereocenters. The van der Waals surface area contributed by atoms with Crippen molar-refractivity contribution in [3.05, 3.63) is 60.3 Å². The quantitative estimate of drug-likeness (QED) is 0.548. The van der Waals surface area contributed by atoms with E-state index in [1.165, 1.54) is 0 Å². The Labute approximate surface area is 111 Å². The third kappa shape index (κ3) is 1.99. The molecule has 0 spiro atoms. The van der Waals surface area contributed by atoms with Crippen molar-refractivity contribution < 1.29 is 0 Å². The van der Waals surface area contributed by atoms with Crippen LogP contribution in [0.1, 0.15) is 17.3 Å². The number of rotatable bonds is 3. The zero-order valence-corrected chi connectivity index (χ0v) is 10.6. The van der Waals surface area contributed by atoms with Crippen molar-refractivity contribution in [3.63, 3.8) is 0 Å². The van der Waals surface area contributed by atoms with Crippen LogP contribution < -0.4 is 11.3 Å². The first kappa shape index (κ1) is 11.8. The van der Waals surface area contributed by atoms with Crippen LogP contribution in [0.5, 0.6) is 0 Å². The Hall–Kier alpha value is -2.24. The highest BCUT2D eigenvalue weighted by molar-refractivity contribution is 5.82. The van der Waals surface area contributed by atoms with Gasteiger partial charge in [-0.2, -0.15) is 0 Å². The Morgan fingerprint density at radius 2 is 2.11 bits per heavy atom.